The van der Waals surface area contributed by atoms with Gasteiger partial charge in [-0.25, -0.2) is 0 Å². The molecule has 4 rings (SSSR count). The molecule has 28 heavy (non-hydrogen) atoms. The quantitative estimate of drug-likeness (QED) is 0.680. The van der Waals surface area contributed by atoms with Gasteiger partial charge >= 0.3 is 6.01 Å². The number of anilines is 1. The minimum Gasteiger partial charge on any atom is -0.349 e. The number of hydrogen-bond donors (Lipinski definition) is 1. The van der Waals surface area contributed by atoms with E-state index >= 15 is 0 Å². The molecule has 1 saturated heterocycles. The molecular formula is C20H18Cl2N4O2. The summed E-state index contributed by atoms with van der Waals surface area (Å²) in [5.41, 5.74) is 1.38. The number of carbonyl (C=O) groups excluding carboxylic acids is 1. The first-order valence-corrected chi connectivity index (χ1v) is 9.75. The Morgan fingerprint density at radius 2 is 1.75 bits per heavy atom. The van der Waals surface area contributed by atoms with E-state index in [9.17, 15) is 4.79 Å². The van der Waals surface area contributed by atoms with Crippen LogP contribution in [0.1, 0.15) is 23.2 Å². The molecule has 1 aliphatic heterocycles. The summed E-state index contributed by atoms with van der Waals surface area (Å²) in [6.07, 6.45) is 1.61. The minimum absolute atomic E-state index is 0.0445. The third-order valence-electron chi connectivity index (χ3n) is 4.67. The first-order valence-electron chi connectivity index (χ1n) is 8.99. The van der Waals surface area contributed by atoms with Gasteiger partial charge in [0.2, 0.25) is 5.82 Å². The second-order valence-corrected chi connectivity index (χ2v) is 7.53. The second kappa shape index (κ2) is 8.20. The fourth-order valence-electron chi connectivity index (χ4n) is 3.22. The highest BCUT2D eigenvalue weighted by Gasteiger charge is 2.24. The molecule has 2 aromatic carbocycles. The van der Waals surface area contributed by atoms with Gasteiger partial charge in [-0.15, -0.1) is 0 Å². The SMILES string of the molecule is O=C(NC1CCN(c2nc(-c3cc(Cl)cc(Cl)c3)no2)CC1)c1ccccc1. The van der Waals surface area contributed by atoms with Crippen LogP contribution in [0.15, 0.2) is 53.1 Å². The van der Waals surface area contributed by atoms with Gasteiger partial charge in [-0.2, -0.15) is 4.98 Å². The summed E-state index contributed by atoms with van der Waals surface area (Å²) in [5.74, 6) is 0.399. The lowest BCUT2D eigenvalue weighted by molar-refractivity contribution is 0.0931. The molecule has 6 nitrogen and oxygen atoms in total. The van der Waals surface area contributed by atoms with Crippen molar-refractivity contribution < 1.29 is 9.32 Å². The van der Waals surface area contributed by atoms with Gasteiger partial charge in [0.25, 0.3) is 5.91 Å². The van der Waals surface area contributed by atoms with Gasteiger partial charge < -0.3 is 14.7 Å². The van der Waals surface area contributed by atoms with Crippen LogP contribution in [0.4, 0.5) is 6.01 Å². The number of hydrogen-bond acceptors (Lipinski definition) is 5. The van der Waals surface area contributed by atoms with Gasteiger partial charge in [-0.1, -0.05) is 46.6 Å². The standard InChI is InChI=1S/C20H18Cl2N4O2/c21-15-10-14(11-16(22)12-15)18-24-20(28-25-18)26-8-6-17(7-9-26)23-19(27)13-4-2-1-3-5-13/h1-5,10-12,17H,6-9H2,(H,23,27). The number of nitrogens with zero attached hydrogens (tertiary/aromatic N) is 3. The number of halogens is 2. The third kappa shape index (κ3) is 4.29. The molecule has 0 unspecified atom stereocenters. The van der Waals surface area contributed by atoms with Gasteiger partial charge in [0.15, 0.2) is 0 Å². The summed E-state index contributed by atoms with van der Waals surface area (Å²) < 4.78 is 5.42. The van der Waals surface area contributed by atoms with Crippen LogP contribution in [0.2, 0.25) is 10.0 Å². The van der Waals surface area contributed by atoms with E-state index < -0.39 is 0 Å². The molecule has 1 aliphatic rings. The van der Waals surface area contributed by atoms with Crippen molar-refractivity contribution in [2.45, 2.75) is 18.9 Å². The van der Waals surface area contributed by atoms with Crippen LogP contribution in [-0.2, 0) is 0 Å². The van der Waals surface area contributed by atoms with Crippen molar-refractivity contribution >= 4 is 35.1 Å². The lowest BCUT2D eigenvalue weighted by Gasteiger charge is -2.30. The van der Waals surface area contributed by atoms with Gasteiger partial charge in [0.1, 0.15) is 0 Å². The van der Waals surface area contributed by atoms with Crippen LogP contribution in [0.3, 0.4) is 0 Å². The van der Waals surface area contributed by atoms with Crippen LogP contribution < -0.4 is 10.2 Å². The van der Waals surface area contributed by atoms with E-state index in [1.807, 2.05) is 35.2 Å². The zero-order valence-corrected chi connectivity index (χ0v) is 16.5. The monoisotopic (exact) mass is 416 g/mol. The lowest BCUT2D eigenvalue weighted by Crippen LogP contribution is -2.44. The Bertz CT molecular complexity index is 949. The molecule has 3 aromatic rings. The first kappa shape index (κ1) is 18.8. The van der Waals surface area contributed by atoms with Gasteiger partial charge in [0, 0.05) is 40.3 Å². The van der Waals surface area contributed by atoms with Gasteiger partial charge in [-0.05, 0) is 43.2 Å². The Morgan fingerprint density at radius 3 is 2.43 bits per heavy atom. The summed E-state index contributed by atoms with van der Waals surface area (Å²) >= 11 is 12.1. The van der Waals surface area contributed by atoms with Crippen LogP contribution >= 0.6 is 23.2 Å². The highest BCUT2D eigenvalue weighted by molar-refractivity contribution is 6.35. The zero-order chi connectivity index (χ0) is 19.5. The van der Waals surface area contributed by atoms with Crippen molar-refractivity contribution in [3.05, 3.63) is 64.1 Å². The normalized spacial score (nSPS) is 14.9. The first-order chi connectivity index (χ1) is 13.6. The Balaban J connectivity index is 1.37. The molecule has 1 N–H and O–H groups in total. The second-order valence-electron chi connectivity index (χ2n) is 6.66. The van der Waals surface area contributed by atoms with E-state index in [1.54, 1.807) is 18.2 Å². The summed E-state index contributed by atoms with van der Waals surface area (Å²) in [6.45, 7) is 1.44. The molecule has 0 saturated carbocycles. The van der Waals surface area contributed by atoms with E-state index in [0.717, 1.165) is 25.9 Å². The number of benzene rings is 2. The molecule has 0 atom stereocenters. The largest absolute Gasteiger partial charge is 0.349 e. The number of rotatable bonds is 4. The highest BCUT2D eigenvalue weighted by Crippen LogP contribution is 2.27. The van der Waals surface area contributed by atoms with E-state index in [2.05, 4.69) is 15.5 Å². The predicted octanol–water partition coefficient (Wildman–Crippen LogP) is 4.44. The third-order valence-corrected chi connectivity index (χ3v) is 5.11. The van der Waals surface area contributed by atoms with Crippen LogP contribution in [0, 0.1) is 0 Å². The summed E-state index contributed by atoms with van der Waals surface area (Å²) in [4.78, 5) is 18.8. The minimum atomic E-state index is -0.0445. The zero-order valence-electron chi connectivity index (χ0n) is 14.9. The molecule has 1 aromatic heterocycles. The predicted molar refractivity (Wildman–Crippen MR) is 109 cm³/mol. The average molecular weight is 417 g/mol. The fraction of sp³-hybridized carbons (Fsp3) is 0.250. The summed E-state index contributed by atoms with van der Waals surface area (Å²) in [5, 5.41) is 8.16. The maximum Gasteiger partial charge on any atom is 0.324 e. The smallest absolute Gasteiger partial charge is 0.324 e. The number of nitrogens with one attached hydrogen (secondary N) is 1. The van der Waals surface area contributed by atoms with Crippen LogP contribution in [0.25, 0.3) is 11.4 Å². The maximum atomic E-state index is 12.3. The molecule has 0 bridgehead atoms. The molecule has 1 amide bonds. The molecule has 0 spiro atoms. The van der Waals surface area contributed by atoms with E-state index in [0.29, 0.717) is 33.0 Å². The average Bonchev–Trinajstić information content (AvgIpc) is 3.19. The van der Waals surface area contributed by atoms with Crippen molar-refractivity contribution in [2.24, 2.45) is 0 Å². The molecule has 1 fully saturated rings. The Labute approximate surface area is 172 Å². The lowest BCUT2D eigenvalue weighted by atomic mass is 10.0. The van der Waals surface area contributed by atoms with Crippen molar-refractivity contribution in [2.75, 3.05) is 18.0 Å². The van der Waals surface area contributed by atoms with E-state index in [1.165, 1.54) is 0 Å². The highest BCUT2D eigenvalue weighted by atomic mass is 35.5. The molecule has 0 radical (unpaired) electrons. The Kier molecular flexibility index (Phi) is 5.50. The van der Waals surface area contributed by atoms with Crippen molar-refractivity contribution in [3.63, 3.8) is 0 Å². The molecule has 0 aliphatic carbocycles. The molecular weight excluding hydrogens is 399 g/mol. The maximum absolute atomic E-state index is 12.3. The number of carbonyl (C=O) groups is 1. The van der Waals surface area contributed by atoms with Gasteiger partial charge in [-0.3, -0.25) is 4.79 Å². The number of amides is 1. The van der Waals surface area contributed by atoms with Crippen molar-refractivity contribution in [1.82, 2.24) is 15.5 Å². The summed E-state index contributed by atoms with van der Waals surface area (Å²) in [7, 11) is 0. The fourth-order valence-corrected chi connectivity index (χ4v) is 3.74. The van der Waals surface area contributed by atoms with Crippen molar-refractivity contribution in [3.8, 4) is 11.4 Å². The summed E-state index contributed by atoms with van der Waals surface area (Å²) in [6, 6.07) is 15.0. The van der Waals surface area contributed by atoms with Crippen molar-refractivity contribution in [1.29, 1.82) is 0 Å². The molecule has 8 heteroatoms. The van der Waals surface area contributed by atoms with E-state index in [-0.39, 0.29) is 11.9 Å². The van der Waals surface area contributed by atoms with Gasteiger partial charge in [0.05, 0.1) is 0 Å². The van der Waals surface area contributed by atoms with E-state index in [4.69, 9.17) is 27.7 Å². The Hall–Kier alpha value is -2.57. The topological polar surface area (TPSA) is 71.3 Å². The van der Waals surface area contributed by atoms with Crippen LogP contribution in [-0.4, -0.2) is 35.2 Å². The number of piperidine rings is 1. The molecule has 2 heterocycles. The van der Waals surface area contributed by atoms with Crippen LogP contribution in [0.5, 0.6) is 0 Å². The Morgan fingerprint density at radius 1 is 1.07 bits per heavy atom. The number of aromatic nitrogens is 2. The molecule has 144 valence electrons.